The molecular weight excluding hydrogens is 420 g/mol. The van der Waals surface area contributed by atoms with E-state index in [0.717, 1.165) is 22.0 Å². The molecule has 0 bridgehead atoms. The molecule has 3 rings (SSSR count). The topological polar surface area (TPSA) is 78.8 Å². The van der Waals surface area contributed by atoms with Crippen LogP contribution >= 0.6 is 0 Å². The number of aryl methyl sites for hydroxylation is 1. The number of hydrogen-bond donors (Lipinski definition) is 1. The van der Waals surface area contributed by atoms with Crippen LogP contribution in [0.3, 0.4) is 0 Å². The number of carbonyl (C=O) groups is 1. The van der Waals surface area contributed by atoms with E-state index in [4.69, 9.17) is 14.2 Å². The first-order chi connectivity index (χ1) is 15.9. The Balaban J connectivity index is 1.62. The van der Waals surface area contributed by atoms with Crippen molar-refractivity contribution in [2.45, 2.75) is 39.7 Å². The second-order valence-corrected chi connectivity index (χ2v) is 8.09. The maximum absolute atomic E-state index is 12.5. The number of fused-ring (bicyclic) bond motifs is 1. The molecular formula is C26H32N2O5. The molecule has 2 aromatic carbocycles. The molecule has 0 radical (unpaired) electrons. The summed E-state index contributed by atoms with van der Waals surface area (Å²) in [6.07, 6.45) is 0.656. The Hall–Kier alpha value is -3.48. The number of hydrogen-bond acceptors (Lipinski definition) is 5. The lowest BCUT2D eigenvalue weighted by molar-refractivity contribution is -0.123. The summed E-state index contributed by atoms with van der Waals surface area (Å²) in [5, 5.41) is 3.90. The van der Waals surface area contributed by atoms with Crippen molar-refractivity contribution in [1.82, 2.24) is 9.88 Å². The van der Waals surface area contributed by atoms with E-state index in [0.29, 0.717) is 36.8 Å². The van der Waals surface area contributed by atoms with Crippen LogP contribution in [0.15, 0.2) is 47.3 Å². The van der Waals surface area contributed by atoms with Crippen LogP contribution in [0.1, 0.15) is 37.8 Å². The molecule has 0 atom stereocenters. The van der Waals surface area contributed by atoms with Crippen LogP contribution in [-0.2, 0) is 17.8 Å². The molecule has 3 aromatic rings. The van der Waals surface area contributed by atoms with Gasteiger partial charge in [-0.15, -0.1) is 0 Å². The summed E-state index contributed by atoms with van der Waals surface area (Å²) < 4.78 is 18.0. The summed E-state index contributed by atoms with van der Waals surface area (Å²) in [4.78, 5) is 24.8. The van der Waals surface area contributed by atoms with E-state index < -0.39 is 0 Å². The number of methoxy groups -OCH3 is 2. The zero-order chi connectivity index (χ0) is 24.0. The Morgan fingerprint density at radius 3 is 2.45 bits per heavy atom. The molecule has 176 valence electrons. The third-order valence-electron chi connectivity index (χ3n) is 5.61. The van der Waals surface area contributed by atoms with Gasteiger partial charge in [0.05, 0.1) is 19.7 Å². The second-order valence-electron chi connectivity index (χ2n) is 8.09. The average Bonchev–Trinajstić information content (AvgIpc) is 2.81. The van der Waals surface area contributed by atoms with Crippen molar-refractivity contribution in [1.29, 1.82) is 0 Å². The van der Waals surface area contributed by atoms with Crippen molar-refractivity contribution >= 4 is 16.8 Å². The lowest BCUT2D eigenvalue weighted by atomic mass is 9.98. The summed E-state index contributed by atoms with van der Waals surface area (Å²) in [6.45, 7) is 7.02. The number of pyridine rings is 1. The van der Waals surface area contributed by atoms with Gasteiger partial charge in [0, 0.05) is 30.6 Å². The van der Waals surface area contributed by atoms with Crippen molar-refractivity contribution in [3.05, 3.63) is 63.9 Å². The lowest BCUT2D eigenvalue weighted by Gasteiger charge is -2.16. The minimum Gasteiger partial charge on any atom is -0.493 e. The standard InChI is InChI=1S/C26H32N2O5/c1-6-28-22-14-19(8-9-20(22)21(17(2)3)15-26(28)30)33-16-25(29)27-12-11-18-7-10-23(31-4)24(13-18)32-5/h7-10,13-15,17H,6,11-12,16H2,1-5H3,(H,27,29). The molecule has 0 spiro atoms. The van der Waals surface area contributed by atoms with E-state index in [1.807, 2.05) is 43.3 Å². The summed E-state index contributed by atoms with van der Waals surface area (Å²) in [6, 6.07) is 13.0. The fraction of sp³-hybridized carbons (Fsp3) is 0.385. The number of nitrogens with zero attached hydrogens (tertiary/aromatic N) is 1. The second kappa shape index (κ2) is 10.9. The number of ether oxygens (including phenoxy) is 3. The van der Waals surface area contributed by atoms with Crippen molar-refractivity contribution in [2.75, 3.05) is 27.4 Å². The summed E-state index contributed by atoms with van der Waals surface area (Å²) >= 11 is 0. The summed E-state index contributed by atoms with van der Waals surface area (Å²) in [5.41, 5.74) is 2.83. The Labute approximate surface area is 194 Å². The van der Waals surface area contributed by atoms with Gasteiger partial charge in [-0.25, -0.2) is 0 Å². The first-order valence-electron chi connectivity index (χ1n) is 11.2. The summed E-state index contributed by atoms with van der Waals surface area (Å²) in [7, 11) is 3.19. The molecule has 1 amide bonds. The van der Waals surface area contributed by atoms with E-state index in [1.165, 1.54) is 0 Å². The minimum absolute atomic E-state index is 0.0289. The molecule has 0 aliphatic rings. The van der Waals surface area contributed by atoms with Crippen LogP contribution in [0.25, 0.3) is 10.9 Å². The van der Waals surface area contributed by atoms with Crippen LogP contribution in [0, 0.1) is 0 Å². The lowest BCUT2D eigenvalue weighted by Crippen LogP contribution is -2.30. The Bertz CT molecular complexity index is 1180. The number of carbonyl (C=O) groups excluding carboxylic acids is 1. The SMILES string of the molecule is CCn1c(=O)cc(C(C)C)c2ccc(OCC(=O)NCCc3ccc(OC)c(OC)c3)cc21. The number of rotatable bonds is 10. The molecule has 1 N–H and O–H groups in total. The molecule has 7 nitrogen and oxygen atoms in total. The Kier molecular flexibility index (Phi) is 7.98. The number of amides is 1. The molecule has 0 aliphatic heterocycles. The Morgan fingerprint density at radius 1 is 1.03 bits per heavy atom. The highest BCUT2D eigenvalue weighted by molar-refractivity contribution is 5.84. The fourth-order valence-corrected chi connectivity index (χ4v) is 3.86. The summed E-state index contributed by atoms with van der Waals surface area (Å²) in [5.74, 6) is 1.91. The van der Waals surface area contributed by atoms with Gasteiger partial charge in [0.15, 0.2) is 18.1 Å². The molecule has 1 heterocycles. The largest absolute Gasteiger partial charge is 0.493 e. The highest BCUT2D eigenvalue weighted by atomic mass is 16.5. The Morgan fingerprint density at radius 2 is 1.79 bits per heavy atom. The van der Waals surface area contributed by atoms with E-state index in [1.54, 1.807) is 24.9 Å². The van der Waals surface area contributed by atoms with Gasteiger partial charge in [-0.05, 0) is 54.7 Å². The maximum Gasteiger partial charge on any atom is 0.257 e. The van der Waals surface area contributed by atoms with Gasteiger partial charge in [0.2, 0.25) is 0 Å². The zero-order valence-corrected chi connectivity index (χ0v) is 19.9. The molecule has 0 unspecified atom stereocenters. The number of nitrogens with one attached hydrogen (secondary N) is 1. The molecule has 0 saturated heterocycles. The monoisotopic (exact) mass is 452 g/mol. The predicted molar refractivity (Wildman–Crippen MR) is 130 cm³/mol. The fourth-order valence-electron chi connectivity index (χ4n) is 3.86. The highest BCUT2D eigenvalue weighted by Crippen LogP contribution is 2.28. The highest BCUT2D eigenvalue weighted by Gasteiger charge is 2.12. The van der Waals surface area contributed by atoms with Crippen molar-refractivity contribution < 1.29 is 19.0 Å². The van der Waals surface area contributed by atoms with Crippen LogP contribution < -0.4 is 25.1 Å². The molecule has 1 aromatic heterocycles. The molecule has 0 saturated carbocycles. The third-order valence-corrected chi connectivity index (χ3v) is 5.61. The van der Waals surface area contributed by atoms with Crippen LogP contribution in [-0.4, -0.2) is 37.8 Å². The quantitative estimate of drug-likeness (QED) is 0.505. The maximum atomic E-state index is 12.5. The van der Waals surface area contributed by atoms with Gasteiger partial charge < -0.3 is 24.1 Å². The molecule has 0 fully saturated rings. The van der Waals surface area contributed by atoms with Gasteiger partial charge in [0.1, 0.15) is 5.75 Å². The number of aromatic nitrogens is 1. The smallest absolute Gasteiger partial charge is 0.257 e. The van der Waals surface area contributed by atoms with E-state index >= 15 is 0 Å². The van der Waals surface area contributed by atoms with Crippen molar-refractivity contribution in [3.8, 4) is 17.2 Å². The van der Waals surface area contributed by atoms with Gasteiger partial charge in [-0.1, -0.05) is 19.9 Å². The minimum atomic E-state index is -0.209. The predicted octanol–water partition coefficient (Wildman–Crippen LogP) is 3.90. The van der Waals surface area contributed by atoms with E-state index in [2.05, 4.69) is 19.2 Å². The first-order valence-corrected chi connectivity index (χ1v) is 11.2. The van der Waals surface area contributed by atoms with Gasteiger partial charge >= 0.3 is 0 Å². The normalized spacial score (nSPS) is 11.0. The zero-order valence-electron chi connectivity index (χ0n) is 19.9. The van der Waals surface area contributed by atoms with Crippen LogP contribution in [0.2, 0.25) is 0 Å². The van der Waals surface area contributed by atoms with Crippen molar-refractivity contribution in [3.63, 3.8) is 0 Å². The van der Waals surface area contributed by atoms with Crippen LogP contribution in [0.5, 0.6) is 17.2 Å². The van der Waals surface area contributed by atoms with Gasteiger partial charge in [-0.2, -0.15) is 0 Å². The average molecular weight is 453 g/mol. The molecule has 0 aliphatic carbocycles. The van der Waals surface area contributed by atoms with E-state index in [9.17, 15) is 9.59 Å². The van der Waals surface area contributed by atoms with Gasteiger partial charge in [0.25, 0.3) is 11.5 Å². The molecule has 7 heteroatoms. The third kappa shape index (κ3) is 5.66. The van der Waals surface area contributed by atoms with Crippen molar-refractivity contribution in [2.24, 2.45) is 0 Å². The van der Waals surface area contributed by atoms with Crippen LogP contribution in [0.4, 0.5) is 0 Å². The van der Waals surface area contributed by atoms with Gasteiger partial charge in [-0.3, -0.25) is 9.59 Å². The molecule has 33 heavy (non-hydrogen) atoms. The number of benzene rings is 2. The first kappa shape index (κ1) is 24.2. The van der Waals surface area contributed by atoms with E-state index in [-0.39, 0.29) is 24.0 Å².